The van der Waals surface area contributed by atoms with Crippen molar-refractivity contribution in [3.8, 4) is 0 Å². The van der Waals surface area contributed by atoms with Crippen molar-refractivity contribution in [2.24, 2.45) is 13.0 Å². The van der Waals surface area contributed by atoms with E-state index < -0.39 is 0 Å². The van der Waals surface area contributed by atoms with Crippen LogP contribution in [-0.4, -0.2) is 31.5 Å². The van der Waals surface area contributed by atoms with Crippen molar-refractivity contribution in [2.75, 3.05) is 6.54 Å². The normalized spacial score (nSPS) is 21.4. The van der Waals surface area contributed by atoms with Crippen LogP contribution in [0.25, 0.3) is 10.9 Å². The molecule has 1 aliphatic heterocycles. The minimum Gasteiger partial charge on any atom is -0.356 e. The van der Waals surface area contributed by atoms with E-state index in [2.05, 4.69) is 52.4 Å². The van der Waals surface area contributed by atoms with Gasteiger partial charge in [-0.1, -0.05) is 26.0 Å². The first-order chi connectivity index (χ1) is 12.4. The highest BCUT2D eigenvalue weighted by molar-refractivity contribution is 5.84. The molecule has 26 heavy (non-hydrogen) atoms. The van der Waals surface area contributed by atoms with Gasteiger partial charge < -0.3 is 10.3 Å². The Morgan fingerprint density at radius 1 is 1.27 bits per heavy atom. The van der Waals surface area contributed by atoms with E-state index in [4.69, 9.17) is 0 Å². The summed E-state index contributed by atoms with van der Waals surface area (Å²) in [5.41, 5.74) is 5.10. The number of hydrogen-bond donors (Lipinski definition) is 2. The van der Waals surface area contributed by atoms with Gasteiger partial charge in [-0.2, -0.15) is 0 Å². The Hall–Kier alpha value is -2.21. The maximum atomic E-state index is 4.28. The van der Waals surface area contributed by atoms with Crippen LogP contribution < -0.4 is 5.32 Å². The Morgan fingerprint density at radius 2 is 2.12 bits per heavy atom. The third-order valence-corrected chi connectivity index (χ3v) is 5.44. The average molecular weight is 352 g/mol. The van der Waals surface area contributed by atoms with E-state index >= 15 is 0 Å². The lowest BCUT2D eigenvalue weighted by Gasteiger charge is -2.30. The molecule has 1 unspecified atom stereocenters. The summed E-state index contributed by atoms with van der Waals surface area (Å²) in [6, 6.07) is 2.48. The highest BCUT2D eigenvalue weighted by atomic mass is 15.4. The standard InChI is InChI=1S/C20H28N6/c1-20(2,3)19-15(14-7-8-21-11-17(14)23-19)9-13-5-6-16(22-10-13)18-12-26(4)25-24-18/h7-8,11-13,16,22-23H,5-6,9-10H2,1-4H3/t13?,16-/m1/s1. The number of aromatic amines is 1. The lowest BCUT2D eigenvalue weighted by atomic mass is 9.83. The number of fused-ring (bicyclic) bond motifs is 1. The van der Waals surface area contributed by atoms with Gasteiger partial charge in [-0.15, -0.1) is 5.10 Å². The third-order valence-electron chi connectivity index (χ3n) is 5.44. The minimum atomic E-state index is 0.0958. The van der Waals surface area contributed by atoms with Gasteiger partial charge in [-0.05, 0) is 43.4 Å². The van der Waals surface area contributed by atoms with Gasteiger partial charge in [0.05, 0.1) is 23.4 Å². The molecule has 0 spiro atoms. The fraction of sp³-hybridized carbons (Fsp3) is 0.550. The van der Waals surface area contributed by atoms with Gasteiger partial charge in [0.25, 0.3) is 0 Å². The summed E-state index contributed by atoms with van der Waals surface area (Å²) in [6.07, 6.45) is 9.26. The Balaban J connectivity index is 1.53. The van der Waals surface area contributed by atoms with E-state index in [1.54, 1.807) is 4.68 Å². The van der Waals surface area contributed by atoms with E-state index in [9.17, 15) is 0 Å². The van der Waals surface area contributed by atoms with E-state index in [1.807, 2.05) is 25.6 Å². The van der Waals surface area contributed by atoms with Crippen molar-refractivity contribution < 1.29 is 0 Å². The zero-order valence-electron chi connectivity index (χ0n) is 16.1. The summed E-state index contributed by atoms with van der Waals surface area (Å²) in [5, 5.41) is 13.3. The zero-order valence-corrected chi connectivity index (χ0v) is 16.1. The maximum Gasteiger partial charge on any atom is 0.0996 e. The van der Waals surface area contributed by atoms with Crippen molar-refractivity contribution in [3.63, 3.8) is 0 Å². The summed E-state index contributed by atoms with van der Waals surface area (Å²) in [4.78, 5) is 7.91. The van der Waals surface area contributed by atoms with Gasteiger partial charge in [0.2, 0.25) is 0 Å². The van der Waals surface area contributed by atoms with Crippen molar-refractivity contribution in [3.05, 3.63) is 41.6 Å². The summed E-state index contributed by atoms with van der Waals surface area (Å²) >= 11 is 0. The molecule has 0 aliphatic carbocycles. The SMILES string of the molecule is Cn1cc([C@H]2CCC(Cc3c(C(C)(C)C)[nH]c4cnccc34)CN2)nn1. The highest BCUT2D eigenvalue weighted by Gasteiger charge is 2.28. The fourth-order valence-corrected chi connectivity index (χ4v) is 4.11. The number of piperidine rings is 1. The van der Waals surface area contributed by atoms with Gasteiger partial charge in [0.1, 0.15) is 0 Å². The molecule has 6 nitrogen and oxygen atoms in total. The fourth-order valence-electron chi connectivity index (χ4n) is 4.11. The van der Waals surface area contributed by atoms with Crippen molar-refractivity contribution >= 4 is 10.9 Å². The van der Waals surface area contributed by atoms with E-state index in [0.717, 1.165) is 30.6 Å². The predicted octanol–water partition coefficient (Wildman–Crippen LogP) is 3.27. The first-order valence-corrected chi connectivity index (χ1v) is 9.46. The van der Waals surface area contributed by atoms with Crippen molar-refractivity contribution in [1.82, 2.24) is 30.3 Å². The molecule has 3 aromatic rings. The predicted molar refractivity (Wildman–Crippen MR) is 103 cm³/mol. The average Bonchev–Trinajstić information content (AvgIpc) is 3.20. The largest absolute Gasteiger partial charge is 0.356 e. The van der Waals surface area contributed by atoms with Crippen LogP contribution in [0.2, 0.25) is 0 Å². The van der Waals surface area contributed by atoms with Crippen LogP contribution in [0.1, 0.15) is 56.6 Å². The van der Waals surface area contributed by atoms with Crippen LogP contribution in [0.5, 0.6) is 0 Å². The Morgan fingerprint density at radius 3 is 2.77 bits per heavy atom. The number of aromatic nitrogens is 5. The first kappa shape index (κ1) is 17.2. The van der Waals surface area contributed by atoms with Gasteiger partial charge in [-0.25, -0.2) is 0 Å². The number of pyridine rings is 1. The molecule has 0 aromatic carbocycles. The van der Waals surface area contributed by atoms with E-state index in [-0.39, 0.29) is 5.41 Å². The molecule has 6 heteroatoms. The number of aryl methyl sites for hydroxylation is 1. The van der Waals surface area contributed by atoms with E-state index in [0.29, 0.717) is 12.0 Å². The van der Waals surface area contributed by atoms with Crippen molar-refractivity contribution in [2.45, 2.75) is 51.5 Å². The van der Waals surface area contributed by atoms with Gasteiger partial charge in [0.15, 0.2) is 0 Å². The summed E-state index contributed by atoms with van der Waals surface area (Å²) in [7, 11) is 1.92. The van der Waals surface area contributed by atoms with Crippen LogP contribution >= 0.6 is 0 Å². The molecule has 2 atom stereocenters. The molecule has 4 heterocycles. The van der Waals surface area contributed by atoms with Crippen LogP contribution in [0, 0.1) is 5.92 Å². The Bertz CT molecular complexity index is 893. The van der Waals surface area contributed by atoms with Crippen molar-refractivity contribution in [1.29, 1.82) is 0 Å². The minimum absolute atomic E-state index is 0.0958. The molecule has 0 radical (unpaired) electrons. The molecule has 1 aliphatic rings. The number of rotatable bonds is 3. The molecule has 0 bridgehead atoms. The first-order valence-electron chi connectivity index (χ1n) is 9.46. The van der Waals surface area contributed by atoms with Gasteiger partial charge in [-0.3, -0.25) is 9.67 Å². The quantitative estimate of drug-likeness (QED) is 0.759. The molecule has 1 fully saturated rings. The lowest BCUT2D eigenvalue weighted by molar-refractivity contribution is 0.308. The summed E-state index contributed by atoms with van der Waals surface area (Å²) < 4.78 is 1.78. The number of nitrogens with zero attached hydrogens (tertiary/aromatic N) is 4. The van der Waals surface area contributed by atoms with Crippen LogP contribution in [0.15, 0.2) is 24.7 Å². The highest BCUT2D eigenvalue weighted by Crippen LogP contribution is 2.35. The molecule has 4 rings (SSSR count). The van der Waals surface area contributed by atoms with E-state index in [1.165, 1.54) is 23.1 Å². The number of H-pyrrole nitrogens is 1. The molecular formula is C20H28N6. The monoisotopic (exact) mass is 352 g/mol. The zero-order chi connectivity index (χ0) is 18.3. The third kappa shape index (κ3) is 3.26. The van der Waals surface area contributed by atoms with Crippen LogP contribution in [-0.2, 0) is 18.9 Å². The second-order valence-electron chi connectivity index (χ2n) is 8.58. The summed E-state index contributed by atoms with van der Waals surface area (Å²) in [6.45, 7) is 7.84. The van der Waals surface area contributed by atoms with Crippen LogP contribution in [0.3, 0.4) is 0 Å². The molecular weight excluding hydrogens is 324 g/mol. The topological polar surface area (TPSA) is 71.4 Å². The lowest BCUT2D eigenvalue weighted by Crippen LogP contribution is -2.34. The molecule has 2 N–H and O–H groups in total. The molecule has 0 saturated carbocycles. The second kappa shape index (κ2) is 6.50. The second-order valence-corrected chi connectivity index (χ2v) is 8.58. The Kier molecular flexibility index (Phi) is 4.31. The molecule has 0 amide bonds. The Labute approximate surface area is 154 Å². The number of hydrogen-bond acceptors (Lipinski definition) is 4. The molecule has 138 valence electrons. The molecule has 3 aromatic heterocycles. The number of nitrogens with one attached hydrogen (secondary N) is 2. The summed E-state index contributed by atoms with van der Waals surface area (Å²) in [5.74, 6) is 0.635. The molecule has 1 saturated heterocycles. The van der Waals surface area contributed by atoms with Gasteiger partial charge in [0, 0.05) is 35.9 Å². The maximum absolute atomic E-state index is 4.28. The van der Waals surface area contributed by atoms with Crippen LogP contribution in [0.4, 0.5) is 0 Å². The van der Waals surface area contributed by atoms with Gasteiger partial charge >= 0.3 is 0 Å². The smallest absolute Gasteiger partial charge is 0.0996 e.